The molecule has 0 aromatic heterocycles. The Bertz CT molecular complexity index is 520. The molecule has 114 valence electrons. The summed E-state index contributed by atoms with van der Waals surface area (Å²) in [5.41, 5.74) is 6.44. The molecule has 0 aliphatic heterocycles. The summed E-state index contributed by atoms with van der Waals surface area (Å²) in [5.74, 6) is -0.406. The fourth-order valence-electron chi connectivity index (χ4n) is 1.67. The number of nitrogens with two attached hydrogens (primary N) is 1. The van der Waals surface area contributed by atoms with E-state index in [2.05, 4.69) is 0 Å². The van der Waals surface area contributed by atoms with Crippen molar-refractivity contribution in [2.75, 3.05) is 19.3 Å². The normalized spacial score (nSPS) is 12.3. The first-order valence-corrected chi connectivity index (χ1v) is 8.03. The summed E-state index contributed by atoms with van der Waals surface area (Å²) in [6, 6.07) is 9.42. The van der Waals surface area contributed by atoms with Gasteiger partial charge in [-0.25, -0.2) is 8.42 Å². The lowest BCUT2D eigenvalue weighted by molar-refractivity contribution is -0.130. The van der Waals surface area contributed by atoms with Crippen LogP contribution in [0, 0.1) is 0 Å². The molecule has 0 spiro atoms. The highest BCUT2D eigenvalue weighted by Crippen LogP contribution is 2.09. The summed E-state index contributed by atoms with van der Waals surface area (Å²) in [7, 11) is -3.39. The summed E-state index contributed by atoms with van der Waals surface area (Å²) in [4.78, 5) is 13.7. The van der Waals surface area contributed by atoms with E-state index in [9.17, 15) is 13.2 Å². The van der Waals surface area contributed by atoms with Gasteiger partial charge in [0.25, 0.3) is 0 Å². The van der Waals surface area contributed by atoms with E-state index in [-0.39, 0.29) is 12.4 Å². The number of amides is 1. The quantitative estimate of drug-likeness (QED) is 0.842. The van der Waals surface area contributed by atoms with E-state index in [1.54, 1.807) is 0 Å². The molecule has 0 saturated carbocycles. The van der Waals surface area contributed by atoms with E-state index in [0.29, 0.717) is 19.6 Å². The highest BCUT2D eigenvalue weighted by molar-refractivity contribution is 7.92. The van der Waals surface area contributed by atoms with Gasteiger partial charge in [0, 0.05) is 25.9 Å². The Morgan fingerprint density at radius 3 is 2.30 bits per heavy atom. The van der Waals surface area contributed by atoms with Gasteiger partial charge in [-0.1, -0.05) is 30.3 Å². The predicted octanol–water partition coefficient (Wildman–Crippen LogP) is 0.829. The van der Waals surface area contributed by atoms with Gasteiger partial charge in [0.15, 0.2) is 9.84 Å². The van der Waals surface area contributed by atoms with Crippen molar-refractivity contribution in [3.63, 3.8) is 0 Å². The SMILES string of the molecule is CC(C(=O)N(CCN)Cc1ccccc1)S(C)(=O)=O.Cl. The Morgan fingerprint density at radius 2 is 1.85 bits per heavy atom. The number of halogens is 1. The molecule has 1 unspecified atom stereocenters. The van der Waals surface area contributed by atoms with Crippen molar-refractivity contribution in [1.82, 2.24) is 4.90 Å². The van der Waals surface area contributed by atoms with E-state index < -0.39 is 21.0 Å². The number of sulfone groups is 1. The second-order valence-corrected chi connectivity index (χ2v) is 6.87. The fraction of sp³-hybridized carbons (Fsp3) is 0.462. The Labute approximate surface area is 126 Å². The highest BCUT2D eigenvalue weighted by Gasteiger charge is 2.27. The molecule has 2 N–H and O–H groups in total. The summed E-state index contributed by atoms with van der Waals surface area (Å²) >= 11 is 0. The Morgan fingerprint density at radius 1 is 1.30 bits per heavy atom. The smallest absolute Gasteiger partial charge is 0.240 e. The van der Waals surface area contributed by atoms with Crippen LogP contribution in [0.2, 0.25) is 0 Å². The monoisotopic (exact) mass is 320 g/mol. The maximum atomic E-state index is 12.2. The van der Waals surface area contributed by atoms with Crippen LogP contribution < -0.4 is 5.73 Å². The van der Waals surface area contributed by atoms with Gasteiger partial charge in [0.05, 0.1) is 0 Å². The van der Waals surface area contributed by atoms with Gasteiger partial charge in [-0.15, -0.1) is 12.4 Å². The molecule has 0 aliphatic rings. The third kappa shape index (κ3) is 5.48. The second kappa shape index (κ2) is 8.24. The van der Waals surface area contributed by atoms with Gasteiger partial charge < -0.3 is 10.6 Å². The molecular formula is C13H21ClN2O3S. The lowest BCUT2D eigenvalue weighted by Gasteiger charge is -2.24. The first-order chi connectivity index (χ1) is 8.86. The molecule has 7 heteroatoms. The Balaban J connectivity index is 0.00000361. The average molecular weight is 321 g/mol. The van der Waals surface area contributed by atoms with Gasteiger partial charge in [-0.2, -0.15) is 0 Å². The molecule has 20 heavy (non-hydrogen) atoms. The van der Waals surface area contributed by atoms with Gasteiger partial charge in [-0.05, 0) is 12.5 Å². The standard InChI is InChI=1S/C13H20N2O3S.ClH/c1-11(19(2,17)18)13(16)15(9-8-14)10-12-6-4-3-5-7-12;/h3-7,11H,8-10,14H2,1-2H3;1H. The molecule has 1 amide bonds. The number of hydrogen-bond donors (Lipinski definition) is 1. The van der Waals surface area contributed by atoms with Crippen molar-refractivity contribution in [3.05, 3.63) is 35.9 Å². The summed E-state index contributed by atoms with van der Waals surface area (Å²) in [6.07, 6.45) is 1.07. The molecular weight excluding hydrogens is 300 g/mol. The van der Waals surface area contributed by atoms with Crippen molar-refractivity contribution < 1.29 is 13.2 Å². The van der Waals surface area contributed by atoms with Gasteiger partial charge in [-0.3, -0.25) is 4.79 Å². The lowest BCUT2D eigenvalue weighted by atomic mass is 10.2. The van der Waals surface area contributed by atoms with Gasteiger partial charge in [0.2, 0.25) is 5.91 Å². The third-order valence-electron chi connectivity index (χ3n) is 2.92. The molecule has 0 radical (unpaired) electrons. The third-order valence-corrected chi connectivity index (χ3v) is 4.40. The molecule has 0 heterocycles. The highest BCUT2D eigenvalue weighted by atomic mass is 35.5. The molecule has 0 aliphatic carbocycles. The van der Waals surface area contributed by atoms with Crippen molar-refractivity contribution in [3.8, 4) is 0 Å². The van der Waals surface area contributed by atoms with Crippen molar-refractivity contribution in [2.24, 2.45) is 5.73 Å². The van der Waals surface area contributed by atoms with E-state index >= 15 is 0 Å². The zero-order valence-electron chi connectivity index (χ0n) is 11.7. The average Bonchev–Trinajstić information content (AvgIpc) is 2.36. The summed E-state index contributed by atoms with van der Waals surface area (Å²) < 4.78 is 22.9. The summed E-state index contributed by atoms with van der Waals surface area (Å²) in [5, 5.41) is -1.04. The zero-order valence-corrected chi connectivity index (χ0v) is 13.3. The number of benzene rings is 1. The number of hydrogen-bond acceptors (Lipinski definition) is 4. The van der Waals surface area contributed by atoms with E-state index in [1.807, 2.05) is 30.3 Å². The molecule has 0 saturated heterocycles. The first kappa shape index (κ1) is 18.9. The van der Waals surface area contributed by atoms with Crippen LogP contribution >= 0.6 is 12.4 Å². The molecule has 1 aromatic carbocycles. The van der Waals surface area contributed by atoms with Crippen molar-refractivity contribution >= 4 is 28.2 Å². The van der Waals surface area contributed by atoms with Gasteiger partial charge >= 0.3 is 0 Å². The van der Waals surface area contributed by atoms with Crippen LogP contribution in [-0.2, 0) is 21.2 Å². The van der Waals surface area contributed by atoms with E-state index in [4.69, 9.17) is 5.73 Å². The molecule has 5 nitrogen and oxygen atoms in total. The maximum Gasteiger partial charge on any atom is 0.240 e. The molecule has 1 atom stereocenters. The van der Waals surface area contributed by atoms with Crippen LogP contribution in [0.1, 0.15) is 12.5 Å². The zero-order chi connectivity index (χ0) is 14.5. The summed E-state index contributed by atoms with van der Waals surface area (Å²) in [6.45, 7) is 2.42. The van der Waals surface area contributed by atoms with E-state index in [0.717, 1.165) is 11.8 Å². The van der Waals surface area contributed by atoms with Crippen LogP contribution in [-0.4, -0.2) is 43.8 Å². The van der Waals surface area contributed by atoms with E-state index in [1.165, 1.54) is 11.8 Å². The lowest BCUT2D eigenvalue weighted by Crippen LogP contribution is -2.43. The number of nitrogens with zero attached hydrogens (tertiary/aromatic N) is 1. The Hall–Kier alpha value is -1.11. The molecule has 1 rings (SSSR count). The number of rotatable bonds is 6. The van der Waals surface area contributed by atoms with Crippen LogP contribution in [0.3, 0.4) is 0 Å². The number of carbonyl (C=O) groups excluding carboxylic acids is 1. The van der Waals surface area contributed by atoms with Crippen molar-refractivity contribution in [2.45, 2.75) is 18.7 Å². The molecule has 0 fully saturated rings. The van der Waals surface area contributed by atoms with Crippen LogP contribution in [0.5, 0.6) is 0 Å². The number of carbonyl (C=O) groups is 1. The second-order valence-electron chi connectivity index (χ2n) is 4.51. The maximum absolute atomic E-state index is 12.2. The van der Waals surface area contributed by atoms with Crippen molar-refractivity contribution in [1.29, 1.82) is 0 Å². The topological polar surface area (TPSA) is 80.5 Å². The minimum atomic E-state index is -3.39. The fourth-order valence-corrected chi connectivity index (χ4v) is 2.18. The minimum Gasteiger partial charge on any atom is -0.336 e. The van der Waals surface area contributed by atoms with Crippen LogP contribution in [0.4, 0.5) is 0 Å². The van der Waals surface area contributed by atoms with Crippen LogP contribution in [0.25, 0.3) is 0 Å². The first-order valence-electron chi connectivity index (χ1n) is 6.08. The predicted molar refractivity (Wildman–Crippen MR) is 82.5 cm³/mol. The van der Waals surface area contributed by atoms with Gasteiger partial charge in [0.1, 0.15) is 5.25 Å². The van der Waals surface area contributed by atoms with Crippen LogP contribution in [0.15, 0.2) is 30.3 Å². The molecule has 0 bridgehead atoms. The Kier molecular flexibility index (Phi) is 7.78. The minimum absolute atomic E-state index is 0. The largest absolute Gasteiger partial charge is 0.336 e. The molecule has 1 aromatic rings.